The summed E-state index contributed by atoms with van der Waals surface area (Å²) >= 11 is 0. The van der Waals surface area contributed by atoms with Gasteiger partial charge in [-0.3, -0.25) is 4.79 Å². The molecule has 0 bridgehead atoms. The van der Waals surface area contributed by atoms with Crippen LogP contribution in [0.5, 0.6) is 0 Å². The molecule has 0 heterocycles. The lowest BCUT2D eigenvalue weighted by molar-refractivity contribution is -0.119. The highest BCUT2D eigenvalue weighted by Gasteiger charge is 2.22. The van der Waals surface area contributed by atoms with Crippen LogP contribution in [-0.4, -0.2) is 44.3 Å². The second-order valence-electron chi connectivity index (χ2n) is 6.50. The summed E-state index contributed by atoms with van der Waals surface area (Å²) < 4.78 is 31.3. The predicted octanol–water partition coefficient (Wildman–Crippen LogP) is 3.13. The highest BCUT2D eigenvalue weighted by atomic mass is 32.2. The summed E-state index contributed by atoms with van der Waals surface area (Å²) in [5.41, 5.74) is 2.69. The molecule has 0 fully saturated rings. The van der Waals surface area contributed by atoms with Crippen LogP contribution in [0, 0.1) is 13.8 Å². The Bertz CT molecular complexity index is 960. The van der Waals surface area contributed by atoms with Crippen molar-refractivity contribution in [2.45, 2.75) is 32.6 Å². The Morgan fingerprint density at radius 2 is 1.52 bits per heavy atom. The Morgan fingerprint density at radius 3 is 2.03 bits per heavy atom. The molecule has 156 valence electrons. The molecule has 0 saturated heterocycles. The number of ether oxygens (including phenoxy) is 1. The lowest BCUT2D eigenvalue weighted by Gasteiger charge is -2.18. The molecule has 2 aromatic rings. The molecule has 2 aromatic carbocycles. The van der Waals surface area contributed by atoms with E-state index in [2.05, 4.69) is 5.32 Å². The first-order chi connectivity index (χ1) is 13.7. The number of esters is 1. The van der Waals surface area contributed by atoms with Crippen LogP contribution in [0.1, 0.15) is 35.3 Å². The van der Waals surface area contributed by atoms with Crippen LogP contribution < -0.4 is 5.32 Å². The van der Waals surface area contributed by atoms with Gasteiger partial charge in [0.2, 0.25) is 10.0 Å². The number of sulfonamides is 1. The Hall–Kier alpha value is -2.71. The topological polar surface area (TPSA) is 92.8 Å². The van der Waals surface area contributed by atoms with Crippen molar-refractivity contribution in [3.63, 3.8) is 0 Å². The molecule has 1 N–H and O–H groups in total. The van der Waals surface area contributed by atoms with Gasteiger partial charge in [0.05, 0.1) is 10.5 Å². The fourth-order valence-corrected chi connectivity index (χ4v) is 4.34. The first kappa shape index (κ1) is 22.6. The van der Waals surface area contributed by atoms with E-state index in [-0.39, 0.29) is 10.5 Å². The van der Waals surface area contributed by atoms with Crippen LogP contribution >= 0.6 is 0 Å². The molecule has 0 aliphatic carbocycles. The van der Waals surface area contributed by atoms with Gasteiger partial charge in [-0.05, 0) is 49.2 Å². The van der Waals surface area contributed by atoms with Crippen molar-refractivity contribution in [2.24, 2.45) is 0 Å². The molecule has 29 heavy (non-hydrogen) atoms. The summed E-state index contributed by atoms with van der Waals surface area (Å²) in [4.78, 5) is 24.4. The maximum Gasteiger partial charge on any atom is 0.338 e. The minimum Gasteiger partial charge on any atom is -0.452 e. The minimum absolute atomic E-state index is 0.102. The number of benzene rings is 2. The number of carbonyl (C=O) groups is 2. The van der Waals surface area contributed by atoms with Gasteiger partial charge in [-0.25, -0.2) is 13.2 Å². The van der Waals surface area contributed by atoms with Crippen molar-refractivity contribution in [1.29, 1.82) is 0 Å². The van der Waals surface area contributed by atoms with Gasteiger partial charge in [-0.1, -0.05) is 32.0 Å². The molecule has 0 aliphatic heterocycles. The van der Waals surface area contributed by atoms with E-state index >= 15 is 0 Å². The molecular formula is C21H26N2O5S. The van der Waals surface area contributed by atoms with Gasteiger partial charge in [0.1, 0.15) is 0 Å². The third-order valence-corrected chi connectivity index (χ3v) is 6.58. The highest BCUT2D eigenvalue weighted by Crippen LogP contribution is 2.19. The second kappa shape index (κ2) is 9.67. The fraction of sp³-hybridized carbons (Fsp3) is 0.333. The van der Waals surface area contributed by atoms with Gasteiger partial charge in [0, 0.05) is 18.8 Å². The number of nitrogens with zero attached hydrogens (tertiary/aromatic N) is 1. The SMILES string of the molecule is CCN(CC)S(=O)(=O)c1ccc(C(=O)OCC(=O)Nc2c(C)cccc2C)cc1. The first-order valence-corrected chi connectivity index (χ1v) is 10.8. The van der Waals surface area contributed by atoms with E-state index < -0.39 is 28.5 Å². The number of carbonyl (C=O) groups excluding carboxylic acids is 2. The Labute approximate surface area is 171 Å². The molecular weight excluding hydrogens is 392 g/mol. The van der Waals surface area contributed by atoms with Crippen molar-refractivity contribution in [3.8, 4) is 0 Å². The van der Waals surface area contributed by atoms with Gasteiger partial charge < -0.3 is 10.1 Å². The van der Waals surface area contributed by atoms with Crippen LogP contribution in [-0.2, 0) is 19.6 Å². The Morgan fingerprint density at radius 1 is 0.966 bits per heavy atom. The van der Waals surface area contributed by atoms with Crippen molar-refractivity contribution in [3.05, 3.63) is 59.2 Å². The summed E-state index contributed by atoms with van der Waals surface area (Å²) in [6.07, 6.45) is 0. The van der Waals surface area contributed by atoms with Crippen LogP contribution in [0.25, 0.3) is 0 Å². The minimum atomic E-state index is -3.60. The molecule has 0 radical (unpaired) electrons. The first-order valence-electron chi connectivity index (χ1n) is 9.34. The van der Waals surface area contributed by atoms with E-state index in [0.717, 1.165) is 11.1 Å². The number of anilines is 1. The lowest BCUT2D eigenvalue weighted by atomic mass is 10.1. The quantitative estimate of drug-likeness (QED) is 0.665. The molecule has 0 atom stereocenters. The predicted molar refractivity (Wildman–Crippen MR) is 111 cm³/mol. The van der Waals surface area contributed by atoms with Gasteiger partial charge >= 0.3 is 5.97 Å². The van der Waals surface area contributed by atoms with Crippen LogP contribution in [0.15, 0.2) is 47.4 Å². The Balaban J connectivity index is 2.00. The zero-order chi connectivity index (χ0) is 21.6. The van der Waals surface area contributed by atoms with Gasteiger partial charge in [0.25, 0.3) is 5.91 Å². The fourth-order valence-electron chi connectivity index (χ4n) is 2.88. The maximum atomic E-state index is 12.5. The van der Waals surface area contributed by atoms with Crippen LogP contribution in [0.4, 0.5) is 5.69 Å². The van der Waals surface area contributed by atoms with Gasteiger partial charge in [-0.2, -0.15) is 4.31 Å². The number of para-hydroxylation sites is 1. The summed E-state index contributed by atoms with van der Waals surface area (Å²) in [6.45, 7) is 7.56. The highest BCUT2D eigenvalue weighted by molar-refractivity contribution is 7.89. The van der Waals surface area contributed by atoms with E-state index in [4.69, 9.17) is 4.74 Å². The number of hydrogen-bond donors (Lipinski definition) is 1. The smallest absolute Gasteiger partial charge is 0.338 e. The monoisotopic (exact) mass is 418 g/mol. The largest absolute Gasteiger partial charge is 0.452 e. The van der Waals surface area contributed by atoms with Crippen molar-refractivity contribution < 1.29 is 22.7 Å². The second-order valence-corrected chi connectivity index (χ2v) is 8.44. The van der Waals surface area contributed by atoms with Crippen molar-refractivity contribution in [2.75, 3.05) is 25.0 Å². The molecule has 0 spiro atoms. The number of nitrogens with one attached hydrogen (secondary N) is 1. The summed E-state index contributed by atoms with van der Waals surface area (Å²) in [7, 11) is -3.60. The van der Waals surface area contributed by atoms with Crippen molar-refractivity contribution in [1.82, 2.24) is 4.31 Å². The average Bonchev–Trinajstić information content (AvgIpc) is 2.70. The number of rotatable bonds is 8. The summed E-state index contributed by atoms with van der Waals surface area (Å²) in [6, 6.07) is 11.1. The molecule has 0 aromatic heterocycles. The number of aryl methyl sites for hydroxylation is 2. The maximum absolute atomic E-state index is 12.5. The molecule has 7 nitrogen and oxygen atoms in total. The normalized spacial score (nSPS) is 11.3. The molecule has 8 heteroatoms. The van der Waals surface area contributed by atoms with Crippen molar-refractivity contribution >= 4 is 27.6 Å². The molecule has 2 rings (SSSR count). The standard InChI is InChI=1S/C21H26N2O5S/c1-5-23(6-2)29(26,27)18-12-10-17(11-13-18)21(25)28-14-19(24)22-20-15(3)8-7-9-16(20)4/h7-13H,5-6,14H2,1-4H3,(H,22,24). The zero-order valence-corrected chi connectivity index (χ0v) is 17.9. The van der Waals surface area contributed by atoms with E-state index in [9.17, 15) is 18.0 Å². The molecule has 0 saturated carbocycles. The number of amides is 1. The zero-order valence-electron chi connectivity index (χ0n) is 17.1. The van der Waals surface area contributed by atoms with Gasteiger partial charge in [-0.15, -0.1) is 0 Å². The number of hydrogen-bond acceptors (Lipinski definition) is 5. The van der Waals surface area contributed by atoms with Crippen LogP contribution in [0.3, 0.4) is 0 Å². The van der Waals surface area contributed by atoms with E-state index in [0.29, 0.717) is 18.8 Å². The lowest BCUT2D eigenvalue weighted by Crippen LogP contribution is -2.30. The van der Waals surface area contributed by atoms with E-state index in [1.165, 1.54) is 28.6 Å². The summed E-state index contributed by atoms with van der Waals surface area (Å²) in [5, 5.41) is 2.74. The van der Waals surface area contributed by atoms with E-state index in [1.54, 1.807) is 13.8 Å². The Kier molecular flexibility index (Phi) is 7.53. The molecule has 0 unspecified atom stereocenters. The average molecular weight is 419 g/mol. The third kappa shape index (κ3) is 5.42. The van der Waals surface area contributed by atoms with E-state index in [1.807, 2.05) is 32.0 Å². The van der Waals surface area contributed by atoms with Crippen LogP contribution in [0.2, 0.25) is 0 Å². The van der Waals surface area contributed by atoms with Gasteiger partial charge in [0.15, 0.2) is 6.61 Å². The summed E-state index contributed by atoms with van der Waals surface area (Å²) in [5.74, 6) is -1.15. The third-order valence-electron chi connectivity index (χ3n) is 4.51. The molecule has 0 aliphatic rings. The molecule has 1 amide bonds.